The van der Waals surface area contributed by atoms with E-state index in [9.17, 15) is 13.2 Å². The third kappa shape index (κ3) is 2.63. The zero-order chi connectivity index (χ0) is 14.2. The Morgan fingerprint density at radius 1 is 1.20 bits per heavy atom. The van der Waals surface area contributed by atoms with Crippen molar-refractivity contribution in [3.05, 3.63) is 18.2 Å². The monoisotopic (exact) mass is 315 g/mol. The molecule has 0 aliphatic carbocycles. The van der Waals surface area contributed by atoms with Crippen molar-refractivity contribution in [2.75, 3.05) is 19.0 Å². The first kappa shape index (κ1) is 13.7. The van der Waals surface area contributed by atoms with Gasteiger partial charge in [0, 0.05) is 11.8 Å². The van der Waals surface area contributed by atoms with E-state index in [1.165, 1.54) is 12.1 Å². The molecule has 20 heavy (non-hydrogen) atoms. The molecule has 108 valence electrons. The number of thioether (sulfide) groups is 1. The van der Waals surface area contributed by atoms with Crippen LogP contribution in [0, 0.1) is 0 Å². The van der Waals surface area contributed by atoms with Crippen LogP contribution in [0.1, 0.15) is 6.42 Å². The highest BCUT2D eigenvalue weighted by Crippen LogP contribution is 2.32. The third-order valence-electron chi connectivity index (χ3n) is 3.06. The van der Waals surface area contributed by atoms with Gasteiger partial charge in [-0.05, 0) is 18.6 Å². The zero-order valence-corrected chi connectivity index (χ0v) is 12.1. The highest BCUT2D eigenvalue weighted by atomic mass is 32.2. The van der Waals surface area contributed by atoms with Gasteiger partial charge >= 0.3 is 0 Å². The van der Waals surface area contributed by atoms with E-state index in [1.54, 1.807) is 6.07 Å². The smallest absolute Gasteiger partial charge is 0.241 e. The summed E-state index contributed by atoms with van der Waals surface area (Å²) in [5.74, 6) is 1.58. The number of rotatable bonds is 3. The van der Waals surface area contributed by atoms with Gasteiger partial charge in [-0.3, -0.25) is 4.79 Å². The summed E-state index contributed by atoms with van der Waals surface area (Å²) in [5, 5.41) is -0.133. The highest BCUT2D eigenvalue weighted by Gasteiger charge is 2.30. The van der Waals surface area contributed by atoms with Gasteiger partial charge in [0.25, 0.3) is 0 Å². The van der Waals surface area contributed by atoms with Crippen molar-refractivity contribution >= 4 is 26.9 Å². The van der Waals surface area contributed by atoms with E-state index in [0.717, 1.165) is 11.8 Å². The Kier molecular flexibility index (Phi) is 3.61. The molecule has 0 amide bonds. The van der Waals surface area contributed by atoms with E-state index in [0.29, 0.717) is 36.9 Å². The highest BCUT2D eigenvalue weighted by molar-refractivity contribution is 8.14. The van der Waals surface area contributed by atoms with Crippen molar-refractivity contribution in [3.63, 3.8) is 0 Å². The summed E-state index contributed by atoms with van der Waals surface area (Å²) >= 11 is 1.15. The van der Waals surface area contributed by atoms with Crippen LogP contribution in [0.3, 0.4) is 0 Å². The van der Waals surface area contributed by atoms with Gasteiger partial charge in [-0.1, -0.05) is 11.8 Å². The molecule has 1 aromatic carbocycles. The van der Waals surface area contributed by atoms with Crippen molar-refractivity contribution in [1.29, 1.82) is 0 Å². The zero-order valence-electron chi connectivity index (χ0n) is 10.5. The minimum atomic E-state index is -3.73. The summed E-state index contributed by atoms with van der Waals surface area (Å²) in [6.45, 7) is 0.840. The predicted molar refractivity (Wildman–Crippen MR) is 73.6 cm³/mol. The lowest BCUT2D eigenvalue weighted by Gasteiger charge is -2.19. The van der Waals surface area contributed by atoms with Crippen molar-refractivity contribution in [1.82, 2.24) is 4.72 Å². The van der Waals surface area contributed by atoms with E-state index in [1.807, 2.05) is 0 Å². The molecule has 0 bridgehead atoms. The molecule has 1 N–H and O–H groups in total. The molecule has 0 radical (unpaired) electrons. The fourth-order valence-corrected chi connectivity index (χ4v) is 4.30. The van der Waals surface area contributed by atoms with Crippen LogP contribution in [0.25, 0.3) is 0 Å². The van der Waals surface area contributed by atoms with Gasteiger partial charge in [-0.15, -0.1) is 0 Å². The second-order valence-corrected chi connectivity index (χ2v) is 7.25. The summed E-state index contributed by atoms with van der Waals surface area (Å²) in [6, 6.07) is 3.79. The number of sulfonamides is 1. The first-order valence-corrected chi connectivity index (χ1v) is 8.62. The van der Waals surface area contributed by atoms with Crippen LogP contribution in [0.2, 0.25) is 0 Å². The Balaban J connectivity index is 1.85. The molecule has 0 aromatic heterocycles. The van der Waals surface area contributed by atoms with Crippen molar-refractivity contribution in [2.24, 2.45) is 0 Å². The lowest BCUT2D eigenvalue weighted by Crippen LogP contribution is -2.37. The molecule has 1 atom stereocenters. The van der Waals surface area contributed by atoms with Crippen LogP contribution < -0.4 is 14.2 Å². The normalized spacial score (nSPS) is 22.0. The van der Waals surface area contributed by atoms with Crippen LogP contribution in [0.5, 0.6) is 11.5 Å². The summed E-state index contributed by atoms with van der Waals surface area (Å²) in [6.07, 6.45) is 0.521. The first-order valence-electron chi connectivity index (χ1n) is 6.15. The molecule has 3 rings (SSSR count). The van der Waals surface area contributed by atoms with Gasteiger partial charge < -0.3 is 9.47 Å². The van der Waals surface area contributed by atoms with Crippen molar-refractivity contribution in [3.8, 4) is 11.5 Å². The van der Waals surface area contributed by atoms with Gasteiger partial charge in [-0.2, -0.15) is 4.72 Å². The molecule has 1 fully saturated rings. The average molecular weight is 315 g/mol. The Morgan fingerprint density at radius 2 is 1.95 bits per heavy atom. The standard InChI is InChI=1S/C12H13NO5S2/c14-12-9(3-6-19-12)13-20(15,16)8-1-2-10-11(7-8)18-5-4-17-10/h1-2,7,9,13H,3-6H2. The Hall–Kier alpha value is -1.25. The van der Waals surface area contributed by atoms with Crippen molar-refractivity contribution in [2.45, 2.75) is 17.4 Å². The van der Waals surface area contributed by atoms with E-state index in [-0.39, 0.29) is 10.0 Å². The molecule has 0 spiro atoms. The fraction of sp³-hybridized carbons (Fsp3) is 0.417. The number of ether oxygens (including phenoxy) is 2. The number of fused-ring (bicyclic) bond motifs is 1. The van der Waals surface area contributed by atoms with Crippen LogP contribution in [-0.4, -0.2) is 38.5 Å². The largest absolute Gasteiger partial charge is 0.486 e. The van der Waals surface area contributed by atoms with Crippen LogP contribution in [-0.2, 0) is 14.8 Å². The van der Waals surface area contributed by atoms with E-state index in [2.05, 4.69) is 4.72 Å². The molecule has 8 heteroatoms. The second-order valence-electron chi connectivity index (χ2n) is 4.44. The third-order valence-corrected chi connectivity index (χ3v) is 5.53. The second kappa shape index (κ2) is 5.27. The Morgan fingerprint density at radius 3 is 2.65 bits per heavy atom. The Labute approximate surface area is 120 Å². The summed E-state index contributed by atoms with van der Waals surface area (Å²) in [7, 11) is -3.73. The van der Waals surface area contributed by atoms with Crippen LogP contribution >= 0.6 is 11.8 Å². The molecular weight excluding hydrogens is 302 g/mol. The molecular formula is C12H13NO5S2. The number of hydrogen-bond acceptors (Lipinski definition) is 6. The average Bonchev–Trinajstić information content (AvgIpc) is 2.83. The predicted octanol–water partition coefficient (Wildman–Crippen LogP) is 0.768. The first-order chi connectivity index (χ1) is 9.56. The van der Waals surface area contributed by atoms with E-state index >= 15 is 0 Å². The quantitative estimate of drug-likeness (QED) is 0.887. The molecule has 2 aliphatic heterocycles. The number of carbonyl (C=O) groups is 1. The maximum Gasteiger partial charge on any atom is 0.241 e. The summed E-state index contributed by atoms with van der Waals surface area (Å²) < 4.78 is 37.6. The van der Waals surface area contributed by atoms with Gasteiger partial charge in [0.15, 0.2) is 11.5 Å². The van der Waals surface area contributed by atoms with E-state index in [4.69, 9.17) is 9.47 Å². The molecule has 2 aliphatic rings. The molecule has 6 nitrogen and oxygen atoms in total. The Bertz CT molecular complexity index is 643. The summed E-state index contributed by atoms with van der Waals surface area (Å²) in [5.41, 5.74) is 0. The topological polar surface area (TPSA) is 81.7 Å². The van der Waals surface area contributed by atoms with Gasteiger partial charge in [0.1, 0.15) is 13.2 Å². The lowest BCUT2D eigenvalue weighted by atomic mass is 10.3. The lowest BCUT2D eigenvalue weighted by molar-refractivity contribution is -0.111. The molecule has 1 aromatic rings. The number of benzene rings is 1. The van der Waals surface area contributed by atoms with Gasteiger partial charge in [0.05, 0.1) is 10.9 Å². The number of nitrogens with one attached hydrogen (secondary N) is 1. The SMILES string of the molecule is O=C1SCCC1NS(=O)(=O)c1ccc2c(c1)OCCO2. The fourth-order valence-electron chi connectivity index (χ4n) is 2.05. The number of carbonyl (C=O) groups excluding carboxylic acids is 1. The minimum absolute atomic E-state index is 0.0754. The molecule has 2 heterocycles. The maximum atomic E-state index is 12.3. The molecule has 1 unspecified atom stereocenters. The van der Waals surface area contributed by atoms with Crippen LogP contribution in [0.15, 0.2) is 23.1 Å². The van der Waals surface area contributed by atoms with Gasteiger partial charge in [-0.25, -0.2) is 8.42 Å². The maximum absolute atomic E-state index is 12.3. The van der Waals surface area contributed by atoms with Gasteiger partial charge in [0.2, 0.25) is 15.1 Å². The van der Waals surface area contributed by atoms with Crippen LogP contribution in [0.4, 0.5) is 0 Å². The molecule has 0 saturated carbocycles. The minimum Gasteiger partial charge on any atom is -0.486 e. The number of hydrogen-bond donors (Lipinski definition) is 1. The summed E-state index contributed by atoms with van der Waals surface area (Å²) in [4.78, 5) is 11.6. The molecule has 1 saturated heterocycles. The van der Waals surface area contributed by atoms with Crippen molar-refractivity contribution < 1.29 is 22.7 Å². The van der Waals surface area contributed by atoms with E-state index < -0.39 is 16.1 Å².